The van der Waals surface area contributed by atoms with Crippen LogP contribution in [0.5, 0.6) is 0 Å². The van der Waals surface area contributed by atoms with Crippen molar-refractivity contribution in [2.24, 2.45) is 0 Å². The van der Waals surface area contributed by atoms with Crippen molar-refractivity contribution >= 4 is 33.7 Å². The van der Waals surface area contributed by atoms with Crippen LogP contribution in [0.25, 0.3) is 27.9 Å². The number of H-pyrrole nitrogens is 1. The second-order valence-corrected chi connectivity index (χ2v) is 4.42. The van der Waals surface area contributed by atoms with Crippen LogP contribution < -0.4 is 0 Å². The molecular formula is C16H13NO. The third kappa shape index (κ3) is 1.82. The van der Waals surface area contributed by atoms with Gasteiger partial charge in [-0.15, -0.1) is 0 Å². The summed E-state index contributed by atoms with van der Waals surface area (Å²) in [5.74, 6) is 0.0639. The highest BCUT2D eigenvalue weighted by Gasteiger charge is 2.03. The number of carbonyl (C=O) groups is 1. The molecule has 0 unspecified atom stereocenters. The van der Waals surface area contributed by atoms with Gasteiger partial charge in [0.05, 0.1) is 0 Å². The lowest BCUT2D eigenvalue weighted by Crippen LogP contribution is -1.80. The highest BCUT2D eigenvalue weighted by Crippen LogP contribution is 2.26. The van der Waals surface area contributed by atoms with Gasteiger partial charge in [-0.2, -0.15) is 0 Å². The topological polar surface area (TPSA) is 32.9 Å². The van der Waals surface area contributed by atoms with E-state index in [1.54, 1.807) is 13.0 Å². The molecule has 2 aromatic carbocycles. The Kier molecular flexibility index (Phi) is 2.49. The van der Waals surface area contributed by atoms with Crippen LogP contribution in [-0.4, -0.2) is 10.8 Å². The molecule has 0 aliphatic carbocycles. The van der Waals surface area contributed by atoms with Crippen LogP contribution in [0.1, 0.15) is 12.5 Å². The average Bonchev–Trinajstić information content (AvgIpc) is 2.74. The van der Waals surface area contributed by atoms with E-state index in [0.29, 0.717) is 0 Å². The Morgan fingerprint density at radius 1 is 1.06 bits per heavy atom. The summed E-state index contributed by atoms with van der Waals surface area (Å²) in [6.07, 6.45) is 3.44. The molecule has 88 valence electrons. The van der Waals surface area contributed by atoms with E-state index in [1.807, 2.05) is 24.3 Å². The van der Waals surface area contributed by atoms with Gasteiger partial charge < -0.3 is 4.98 Å². The first-order chi connectivity index (χ1) is 8.74. The number of benzene rings is 2. The third-order valence-corrected chi connectivity index (χ3v) is 3.04. The van der Waals surface area contributed by atoms with Crippen molar-refractivity contribution in [2.45, 2.75) is 6.92 Å². The quantitative estimate of drug-likeness (QED) is 0.671. The Balaban J connectivity index is 2.21. The number of aromatic nitrogens is 1. The lowest BCUT2D eigenvalue weighted by atomic mass is 10.1. The van der Waals surface area contributed by atoms with E-state index in [-0.39, 0.29) is 5.78 Å². The fourth-order valence-corrected chi connectivity index (χ4v) is 2.18. The standard InChI is InChI=1S/C16H13NO/c1-11(18)6-7-12-8-9-16-14(10-12)13-4-2-3-5-15(13)17-16/h2-10,17H,1H3/b7-6+. The molecule has 0 aliphatic rings. The van der Waals surface area contributed by atoms with Crippen molar-refractivity contribution in [2.75, 3.05) is 0 Å². The molecule has 1 aromatic heterocycles. The summed E-state index contributed by atoms with van der Waals surface area (Å²) in [5.41, 5.74) is 3.30. The number of rotatable bonds is 2. The Labute approximate surface area is 105 Å². The smallest absolute Gasteiger partial charge is 0.152 e. The van der Waals surface area contributed by atoms with Crippen molar-refractivity contribution in [3.05, 3.63) is 54.1 Å². The molecule has 1 heterocycles. The van der Waals surface area contributed by atoms with Crippen molar-refractivity contribution in [3.8, 4) is 0 Å². The molecule has 18 heavy (non-hydrogen) atoms. The van der Waals surface area contributed by atoms with Gasteiger partial charge in [0.25, 0.3) is 0 Å². The first-order valence-corrected chi connectivity index (χ1v) is 5.93. The van der Waals surface area contributed by atoms with E-state index in [9.17, 15) is 4.79 Å². The first-order valence-electron chi connectivity index (χ1n) is 5.93. The molecule has 0 fully saturated rings. The van der Waals surface area contributed by atoms with Gasteiger partial charge >= 0.3 is 0 Å². The lowest BCUT2D eigenvalue weighted by Gasteiger charge is -1.94. The summed E-state index contributed by atoms with van der Waals surface area (Å²) in [6.45, 7) is 1.56. The van der Waals surface area contributed by atoms with Gasteiger partial charge in [0, 0.05) is 21.8 Å². The van der Waals surface area contributed by atoms with Crippen molar-refractivity contribution in [1.29, 1.82) is 0 Å². The van der Waals surface area contributed by atoms with Gasteiger partial charge in [0.2, 0.25) is 0 Å². The van der Waals surface area contributed by atoms with E-state index >= 15 is 0 Å². The Bertz CT molecular complexity index is 765. The number of nitrogens with one attached hydrogen (secondary N) is 1. The maximum absolute atomic E-state index is 11.0. The number of hydrogen-bond donors (Lipinski definition) is 1. The molecule has 0 spiro atoms. The minimum absolute atomic E-state index is 0.0639. The molecule has 2 nitrogen and oxygen atoms in total. The molecule has 0 aliphatic heterocycles. The van der Waals surface area contributed by atoms with Gasteiger partial charge in [-0.25, -0.2) is 0 Å². The molecule has 3 rings (SSSR count). The number of ketones is 1. The minimum Gasteiger partial charge on any atom is -0.355 e. The number of hydrogen-bond acceptors (Lipinski definition) is 1. The van der Waals surface area contributed by atoms with Crippen LogP contribution in [0.2, 0.25) is 0 Å². The predicted molar refractivity (Wildman–Crippen MR) is 75.5 cm³/mol. The largest absolute Gasteiger partial charge is 0.355 e. The molecule has 3 aromatic rings. The summed E-state index contributed by atoms with van der Waals surface area (Å²) in [6, 6.07) is 14.4. The van der Waals surface area contributed by atoms with Crippen LogP contribution >= 0.6 is 0 Å². The van der Waals surface area contributed by atoms with Crippen molar-refractivity contribution < 1.29 is 4.79 Å². The summed E-state index contributed by atoms with van der Waals surface area (Å²) in [7, 11) is 0. The molecule has 1 N–H and O–H groups in total. The highest BCUT2D eigenvalue weighted by atomic mass is 16.1. The maximum Gasteiger partial charge on any atom is 0.152 e. The van der Waals surface area contributed by atoms with E-state index < -0.39 is 0 Å². The number of aromatic amines is 1. The summed E-state index contributed by atoms with van der Waals surface area (Å²) in [4.78, 5) is 14.3. The zero-order chi connectivity index (χ0) is 12.5. The summed E-state index contributed by atoms with van der Waals surface area (Å²) < 4.78 is 0. The normalized spacial score (nSPS) is 11.6. The molecular weight excluding hydrogens is 222 g/mol. The average molecular weight is 235 g/mol. The SMILES string of the molecule is CC(=O)/C=C/c1ccc2[nH]c3ccccc3c2c1. The minimum atomic E-state index is 0.0639. The molecule has 0 atom stereocenters. The number of allylic oxidation sites excluding steroid dienone is 1. The monoisotopic (exact) mass is 235 g/mol. The Hall–Kier alpha value is -2.35. The molecule has 0 saturated carbocycles. The molecule has 0 amide bonds. The van der Waals surface area contributed by atoms with E-state index in [2.05, 4.69) is 29.2 Å². The van der Waals surface area contributed by atoms with Gasteiger partial charge in [-0.1, -0.05) is 30.3 Å². The maximum atomic E-state index is 11.0. The van der Waals surface area contributed by atoms with Crippen LogP contribution in [0.3, 0.4) is 0 Å². The number of carbonyl (C=O) groups excluding carboxylic acids is 1. The summed E-state index contributed by atoms with van der Waals surface area (Å²) in [5, 5.41) is 2.40. The van der Waals surface area contributed by atoms with Gasteiger partial charge in [-0.05, 0) is 36.8 Å². The van der Waals surface area contributed by atoms with Crippen LogP contribution in [0, 0.1) is 0 Å². The number of para-hydroxylation sites is 1. The molecule has 0 saturated heterocycles. The Morgan fingerprint density at radius 2 is 1.83 bits per heavy atom. The zero-order valence-corrected chi connectivity index (χ0v) is 10.1. The van der Waals surface area contributed by atoms with Gasteiger partial charge in [0.15, 0.2) is 5.78 Å². The summed E-state index contributed by atoms with van der Waals surface area (Å²) >= 11 is 0. The van der Waals surface area contributed by atoms with Crippen molar-refractivity contribution in [3.63, 3.8) is 0 Å². The third-order valence-electron chi connectivity index (χ3n) is 3.04. The Morgan fingerprint density at radius 3 is 2.67 bits per heavy atom. The van der Waals surface area contributed by atoms with E-state index in [1.165, 1.54) is 10.8 Å². The van der Waals surface area contributed by atoms with Crippen LogP contribution in [0.4, 0.5) is 0 Å². The fraction of sp³-hybridized carbons (Fsp3) is 0.0625. The van der Waals surface area contributed by atoms with Gasteiger partial charge in [0.1, 0.15) is 0 Å². The highest BCUT2D eigenvalue weighted by molar-refractivity contribution is 6.07. The second kappa shape index (κ2) is 4.15. The zero-order valence-electron chi connectivity index (χ0n) is 10.1. The van der Waals surface area contributed by atoms with Crippen molar-refractivity contribution in [1.82, 2.24) is 4.98 Å². The predicted octanol–water partition coefficient (Wildman–Crippen LogP) is 3.92. The lowest BCUT2D eigenvalue weighted by molar-refractivity contribution is -0.112. The molecule has 0 radical (unpaired) electrons. The van der Waals surface area contributed by atoms with E-state index in [0.717, 1.165) is 16.6 Å². The molecule has 0 bridgehead atoms. The number of fused-ring (bicyclic) bond motifs is 3. The fourth-order valence-electron chi connectivity index (χ4n) is 2.18. The van der Waals surface area contributed by atoms with Crippen LogP contribution in [-0.2, 0) is 4.79 Å². The van der Waals surface area contributed by atoms with Crippen LogP contribution in [0.15, 0.2) is 48.5 Å². The first kappa shape index (κ1) is 10.8. The van der Waals surface area contributed by atoms with Gasteiger partial charge in [-0.3, -0.25) is 4.79 Å². The second-order valence-electron chi connectivity index (χ2n) is 4.42. The molecule has 2 heteroatoms. The van der Waals surface area contributed by atoms with E-state index in [4.69, 9.17) is 0 Å².